The summed E-state index contributed by atoms with van der Waals surface area (Å²) in [5.41, 5.74) is 0.0142. The molecule has 0 atom stereocenters. The lowest BCUT2D eigenvalue weighted by molar-refractivity contribution is 0.0716. The van der Waals surface area contributed by atoms with Gasteiger partial charge in [0.2, 0.25) is 0 Å². The summed E-state index contributed by atoms with van der Waals surface area (Å²) >= 11 is 3.21. The summed E-state index contributed by atoms with van der Waals surface area (Å²) < 4.78 is 83.5. The van der Waals surface area contributed by atoms with Crippen molar-refractivity contribution in [3.05, 3.63) is 46.9 Å². The third kappa shape index (κ3) is 5.55. The first-order valence-electron chi connectivity index (χ1n) is 13.9. The van der Waals surface area contributed by atoms with Gasteiger partial charge in [0.05, 0.1) is 29.0 Å². The molecular formula is C25H30BrFN4O2. The Balaban J connectivity index is 1.68. The van der Waals surface area contributed by atoms with Gasteiger partial charge in [0.1, 0.15) is 18.0 Å². The van der Waals surface area contributed by atoms with Crippen molar-refractivity contribution in [2.75, 3.05) is 32.1 Å². The van der Waals surface area contributed by atoms with Gasteiger partial charge in [0.25, 0.3) is 0 Å². The highest BCUT2D eigenvalue weighted by atomic mass is 79.9. The summed E-state index contributed by atoms with van der Waals surface area (Å²) in [4.78, 5) is 10.2. The maximum Gasteiger partial charge on any atom is 0.163 e. The fourth-order valence-corrected chi connectivity index (χ4v) is 3.74. The number of piperidine rings is 1. The molecule has 1 aliphatic rings. The number of halogens is 2. The van der Waals surface area contributed by atoms with E-state index >= 15 is 0 Å². The average molecular weight is 524 g/mol. The minimum atomic E-state index is -2.85. The second-order valence-corrected chi connectivity index (χ2v) is 9.60. The second kappa shape index (κ2) is 9.81. The molecule has 0 spiro atoms. The van der Waals surface area contributed by atoms with E-state index in [0.29, 0.717) is 15.4 Å². The Morgan fingerprint density at radius 2 is 2.00 bits per heavy atom. The number of nitrogens with zero attached hydrogens (tertiary/aromatic N) is 3. The van der Waals surface area contributed by atoms with E-state index in [4.69, 9.17) is 19.1 Å². The number of benzene rings is 2. The van der Waals surface area contributed by atoms with E-state index in [9.17, 15) is 4.39 Å². The molecule has 1 saturated heterocycles. The molecule has 6 nitrogen and oxygen atoms in total. The maximum absolute atomic E-state index is 14.5. The van der Waals surface area contributed by atoms with Crippen molar-refractivity contribution < 1.29 is 23.5 Å². The molecule has 1 N–H and O–H groups in total. The molecule has 0 aliphatic carbocycles. The zero-order chi connectivity index (χ0) is 29.7. The number of rotatable bonds is 6. The molecule has 0 unspecified atom stereocenters. The summed E-state index contributed by atoms with van der Waals surface area (Å²) in [6.45, 7) is 5.35. The first-order valence-corrected chi connectivity index (χ1v) is 11.2. The Morgan fingerprint density at radius 1 is 1.21 bits per heavy atom. The van der Waals surface area contributed by atoms with E-state index in [1.54, 1.807) is 11.0 Å². The first kappa shape index (κ1) is 16.2. The zero-order valence-electron chi connectivity index (χ0n) is 25.6. The zero-order valence-corrected chi connectivity index (χ0v) is 20.2. The first-order chi connectivity index (χ1) is 18.4. The van der Waals surface area contributed by atoms with Crippen LogP contribution in [0.25, 0.3) is 10.9 Å². The molecule has 0 amide bonds. The Labute approximate surface area is 212 Å². The van der Waals surface area contributed by atoms with E-state index in [-0.39, 0.29) is 42.7 Å². The van der Waals surface area contributed by atoms with Gasteiger partial charge in [-0.2, -0.15) is 0 Å². The minimum Gasteiger partial charge on any atom is -0.493 e. The molecule has 4 rings (SSSR count). The van der Waals surface area contributed by atoms with E-state index in [2.05, 4.69) is 31.2 Å². The van der Waals surface area contributed by atoms with Gasteiger partial charge in [0.15, 0.2) is 11.5 Å². The quantitative estimate of drug-likeness (QED) is 0.416. The van der Waals surface area contributed by atoms with Crippen LogP contribution in [-0.4, -0.2) is 47.1 Å². The van der Waals surface area contributed by atoms with Crippen molar-refractivity contribution in [1.82, 2.24) is 14.9 Å². The Morgan fingerprint density at radius 3 is 2.70 bits per heavy atom. The van der Waals surface area contributed by atoms with Gasteiger partial charge in [-0.05, 0) is 76.8 Å². The lowest BCUT2D eigenvalue weighted by Crippen LogP contribution is -2.46. The van der Waals surface area contributed by atoms with Crippen molar-refractivity contribution in [3.8, 4) is 11.5 Å². The number of fused-ring (bicyclic) bond motifs is 1. The predicted molar refractivity (Wildman–Crippen MR) is 133 cm³/mol. The molecule has 0 radical (unpaired) electrons. The number of hydrogen-bond acceptors (Lipinski definition) is 6. The largest absolute Gasteiger partial charge is 0.493 e. The Hall–Kier alpha value is -2.45. The number of nitrogens with one attached hydrogen (secondary N) is 1. The molecule has 0 bridgehead atoms. The number of anilines is 2. The van der Waals surface area contributed by atoms with Crippen LogP contribution in [0.15, 0.2) is 41.1 Å². The van der Waals surface area contributed by atoms with Crippen LogP contribution in [0.3, 0.4) is 0 Å². The number of aromatic nitrogens is 2. The average Bonchev–Trinajstić information content (AvgIpc) is 2.78. The highest BCUT2D eigenvalue weighted by molar-refractivity contribution is 9.10. The highest BCUT2D eigenvalue weighted by Gasteiger charge is 2.27. The molecule has 8 heteroatoms. The molecule has 2 aromatic carbocycles. The molecular weight excluding hydrogens is 487 g/mol. The van der Waals surface area contributed by atoms with E-state index < -0.39 is 37.1 Å². The van der Waals surface area contributed by atoms with Crippen molar-refractivity contribution in [2.24, 2.45) is 5.92 Å². The third-order valence-corrected chi connectivity index (χ3v) is 5.90. The van der Waals surface area contributed by atoms with Crippen LogP contribution in [0.4, 0.5) is 15.9 Å². The standard InChI is InChI=1S/C25H30BrFN4O2/c1-25(2,3)31-9-7-16(8-10-31)14-33-23-13-21-18(12-22(23)32-4)24(29-15-28-21)30-20-6-5-17(26)11-19(20)27/h5-6,11-13,15-16H,7-10,14H2,1-4H3,(H,28,29,30)/i4D3,7D2,8D2. The van der Waals surface area contributed by atoms with Crippen molar-refractivity contribution in [2.45, 2.75) is 39.1 Å². The van der Waals surface area contributed by atoms with Gasteiger partial charge in [-0.1, -0.05) is 15.9 Å². The van der Waals surface area contributed by atoms with Gasteiger partial charge < -0.3 is 14.8 Å². The van der Waals surface area contributed by atoms with E-state index in [1.165, 1.54) is 30.6 Å². The summed E-state index contributed by atoms with van der Waals surface area (Å²) in [6, 6.07) is 7.20. The van der Waals surface area contributed by atoms with Crippen LogP contribution >= 0.6 is 15.9 Å². The molecule has 33 heavy (non-hydrogen) atoms. The Kier molecular flexibility index (Phi) is 4.82. The molecule has 0 saturated carbocycles. The van der Waals surface area contributed by atoms with Gasteiger partial charge in [-0.3, -0.25) is 4.90 Å². The van der Waals surface area contributed by atoms with Crippen molar-refractivity contribution in [1.29, 1.82) is 0 Å². The number of likely N-dealkylation sites (tertiary alicyclic amines) is 1. The van der Waals surface area contributed by atoms with Crippen molar-refractivity contribution in [3.63, 3.8) is 0 Å². The number of ether oxygens (including phenoxy) is 2. The Bertz CT molecular complexity index is 1380. The SMILES string of the molecule is [2H]C([2H])([2H])Oc1cc2c(Nc3ccc(Br)cc3F)ncnc2cc1OCC1C([2H])([2H])CN(C(C)(C)C)CC1([2H])[2H]. The monoisotopic (exact) mass is 523 g/mol. The lowest BCUT2D eigenvalue weighted by Gasteiger charge is -2.40. The fraction of sp³-hybridized carbons (Fsp3) is 0.440. The number of hydrogen-bond donors (Lipinski definition) is 1. The summed E-state index contributed by atoms with van der Waals surface area (Å²) in [6.07, 6.45) is -2.63. The van der Waals surface area contributed by atoms with Gasteiger partial charge in [-0.25, -0.2) is 14.4 Å². The maximum atomic E-state index is 14.5. The molecule has 176 valence electrons. The fourth-order valence-electron chi connectivity index (χ4n) is 3.41. The van der Waals surface area contributed by atoms with E-state index in [1.807, 2.05) is 20.8 Å². The normalized spacial score (nSPS) is 22.2. The summed E-state index contributed by atoms with van der Waals surface area (Å²) in [5, 5.41) is 3.21. The van der Waals surface area contributed by atoms with Crippen LogP contribution < -0.4 is 14.8 Å². The smallest absolute Gasteiger partial charge is 0.163 e. The van der Waals surface area contributed by atoms with Crippen LogP contribution in [0, 0.1) is 11.7 Å². The van der Waals surface area contributed by atoms with Crippen LogP contribution in [0.5, 0.6) is 11.5 Å². The summed E-state index contributed by atoms with van der Waals surface area (Å²) in [7, 11) is -2.85. The molecule has 1 aliphatic heterocycles. The molecule has 1 aromatic heterocycles. The minimum absolute atomic E-state index is 0.00918. The molecule has 1 fully saturated rings. The van der Waals surface area contributed by atoms with Crippen molar-refractivity contribution >= 4 is 38.3 Å². The topological polar surface area (TPSA) is 59.5 Å². The van der Waals surface area contributed by atoms with Gasteiger partial charge in [-0.15, -0.1) is 0 Å². The van der Waals surface area contributed by atoms with E-state index in [0.717, 1.165) is 0 Å². The second-order valence-electron chi connectivity index (χ2n) is 8.69. The van der Waals surface area contributed by atoms with Crippen LogP contribution in [0.2, 0.25) is 0 Å². The van der Waals surface area contributed by atoms with Crippen LogP contribution in [0.1, 0.15) is 43.1 Å². The molecule has 3 aromatic rings. The third-order valence-electron chi connectivity index (χ3n) is 5.41. The predicted octanol–water partition coefficient (Wildman–Crippen LogP) is 6.17. The molecule has 2 heterocycles. The number of methoxy groups -OCH3 is 1. The lowest BCUT2D eigenvalue weighted by atomic mass is 9.93. The highest BCUT2D eigenvalue weighted by Crippen LogP contribution is 2.36. The van der Waals surface area contributed by atoms with Crippen LogP contribution in [-0.2, 0) is 0 Å². The van der Waals surface area contributed by atoms with Gasteiger partial charge in [0, 0.05) is 26.9 Å². The van der Waals surface area contributed by atoms with Gasteiger partial charge >= 0.3 is 0 Å². The summed E-state index contributed by atoms with van der Waals surface area (Å²) in [5.74, 6) is -1.75.